The minimum absolute atomic E-state index is 0.107. The molecule has 8 heteroatoms. The molecule has 0 saturated carbocycles. The van der Waals surface area contributed by atoms with E-state index < -0.39 is 18.2 Å². The van der Waals surface area contributed by atoms with Crippen LogP contribution in [0.15, 0.2) is 36.3 Å². The SMILES string of the molecule is CO/C=C(/Oc1ccccc1C(=O)OCOC(C)OC)C(=O)OC. The third-order valence-electron chi connectivity index (χ3n) is 2.76. The fraction of sp³-hybridized carbons (Fsp3) is 0.375. The smallest absolute Gasteiger partial charge is 0.377 e. The van der Waals surface area contributed by atoms with Crippen molar-refractivity contribution in [1.82, 2.24) is 0 Å². The van der Waals surface area contributed by atoms with Crippen LogP contribution < -0.4 is 4.74 Å². The van der Waals surface area contributed by atoms with Gasteiger partial charge in [-0.1, -0.05) is 12.1 Å². The lowest BCUT2D eigenvalue weighted by atomic mass is 10.2. The van der Waals surface area contributed by atoms with Gasteiger partial charge in [0.25, 0.3) is 0 Å². The van der Waals surface area contributed by atoms with E-state index in [1.54, 1.807) is 19.1 Å². The number of carbonyl (C=O) groups is 2. The minimum Gasteiger partial charge on any atom is -0.500 e. The molecule has 1 aromatic carbocycles. The number of ether oxygens (including phenoxy) is 6. The van der Waals surface area contributed by atoms with Crippen molar-refractivity contribution in [3.05, 3.63) is 41.9 Å². The first-order valence-electron chi connectivity index (χ1n) is 6.93. The summed E-state index contributed by atoms with van der Waals surface area (Å²) in [5.41, 5.74) is 0.108. The average Bonchev–Trinajstić information content (AvgIpc) is 2.60. The van der Waals surface area contributed by atoms with Crippen LogP contribution in [0.5, 0.6) is 5.75 Å². The van der Waals surface area contributed by atoms with Crippen LogP contribution in [0.1, 0.15) is 17.3 Å². The Labute approximate surface area is 139 Å². The van der Waals surface area contributed by atoms with E-state index in [2.05, 4.69) is 4.74 Å². The second-order valence-corrected chi connectivity index (χ2v) is 4.33. The van der Waals surface area contributed by atoms with Gasteiger partial charge in [0.15, 0.2) is 13.1 Å². The highest BCUT2D eigenvalue weighted by molar-refractivity contribution is 5.93. The first-order chi connectivity index (χ1) is 11.5. The van der Waals surface area contributed by atoms with Crippen molar-refractivity contribution < 1.29 is 38.0 Å². The Balaban J connectivity index is 2.85. The zero-order chi connectivity index (χ0) is 17.9. The zero-order valence-electron chi connectivity index (χ0n) is 13.9. The van der Waals surface area contributed by atoms with Crippen LogP contribution in [0, 0.1) is 0 Å². The van der Waals surface area contributed by atoms with Gasteiger partial charge in [-0.05, 0) is 19.1 Å². The summed E-state index contributed by atoms with van der Waals surface area (Å²) < 4.78 is 29.7. The third-order valence-corrected chi connectivity index (χ3v) is 2.76. The van der Waals surface area contributed by atoms with E-state index >= 15 is 0 Å². The summed E-state index contributed by atoms with van der Waals surface area (Å²) >= 11 is 0. The Hall–Kier alpha value is -2.58. The maximum atomic E-state index is 12.1. The molecule has 0 aliphatic carbocycles. The largest absolute Gasteiger partial charge is 0.500 e. The van der Waals surface area contributed by atoms with Crippen molar-refractivity contribution in [2.75, 3.05) is 28.1 Å². The van der Waals surface area contributed by atoms with E-state index in [0.717, 1.165) is 6.26 Å². The molecule has 0 aromatic heterocycles. The molecule has 0 fully saturated rings. The van der Waals surface area contributed by atoms with Crippen LogP contribution in [0.3, 0.4) is 0 Å². The van der Waals surface area contributed by atoms with Crippen molar-refractivity contribution in [1.29, 1.82) is 0 Å². The summed E-state index contributed by atoms with van der Waals surface area (Å²) in [4.78, 5) is 23.7. The number of hydrogen-bond acceptors (Lipinski definition) is 8. The molecule has 0 N–H and O–H groups in total. The molecule has 1 aromatic rings. The first-order valence-corrected chi connectivity index (χ1v) is 6.93. The summed E-state index contributed by atoms with van der Waals surface area (Å²) in [5.74, 6) is -1.55. The van der Waals surface area contributed by atoms with Crippen LogP contribution in [-0.4, -0.2) is 46.4 Å². The molecule has 1 unspecified atom stereocenters. The van der Waals surface area contributed by atoms with Gasteiger partial charge in [-0.2, -0.15) is 0 Å². The molecule has 0 heterocycles. The van der Waals surface area contributed by atoms with Crippen molar-refractivity contribution >= 4 is 11.9 Å². The van der Waals surface area contributed by atoms with E-state index in [1.165, 1.54) is 33.5 Å². The van der Waals surface area contributed by atoms with E-state index in [1.807, 2.05) is 0 Å². The highest BCUT2D eigenvalue weighted by Gasteiger charge is 2.19. The van der Waals surface area contributed by atoms with Gasteiger partial charge >= 0.3 is 11.9 Å². The average molecular weight is 340 g/mol. The number of carbonyl (C=O) groups excluding carboxylic acids is 2. The maximum Gasteiger partial charge on any atom is 0.377 e. The second kappa shape index (κ2) is 10.2. The minimum atomic E-state index is -0.753. The lowest BCUT2D eigenvalue weighted by Crippen LogP contribution is -2.17. The summed E-state index contributed by atoms with van der Waals surface area (Å²) in [6.45, 7) is 1.36. The number of benzene rings is 1. The Bertz CT molecular complexity index is 581. The zero-order valence-corrected chi connectivity index (χ0v) is 13.9. The molecule has 0 amide bonds. The number of rotatable bonds is 9. The molecule has 0 aliphatic rings. The molecule has 0 radical (unpaired) electrons. The molecule has 1 rings (SSSR count). The van der Waals surface area contributed by atoms with Crippen LogP contribution in [0.25, 0.3) is 0 Å². The van der Waals surface area contributed by atoms with Gasteiger partial charge in [-0.15, -0.1) is 0 Å². The predicted octanol–water partition coefficient (Wildman–Crippen LogP) is 1.85. The Kier molecular flexibility index (Phi) is 8.31. The molecular formula is C16H20O8. The highest BCUT2D eigenvalue weighted by Crippen LogP contribution is 2.22. The fourth-order valence-electron chi connectivity index (χ4n) is 1.49. The second-order valence-electron chi connectivity index (χ2n) is 4.33. The molecule has 0 bridgehead atoms. The van der Waals surface area contributed by atoms with E-state index in [9.17, 15) is 9.59 Å². The van der Waals surface area contributed by atoms with E-state index in [-0.39, 0.29) is 23.9 Å². The van der Waals surface area contributed by atoms with E-state index in [4.69, 9.17) is 23.7 Å². The molecule has 1 atom stereocenters. The lowest BCUT2D eigenvalue weighted by Gasteiger charge is -2.13. The van der Waals surface area contributed by atoms with Gasteiger partial charge in [0.2, 0.25) is 5.76 Å². The number of para-hydroxylation sites is 1. The summed E-state index contributed by atoms with van der Waals surface area (Å²) in [6.07, 6.45) is 0.553. The first kappa shape index (κ1) is 19.5. The van der Waals surface area contributed by atoms with Crippen LogP contribution in [0.2, 0.25) is 0 Å². The van der Waals surface area contributed by atoms with Gasteiger partial charge in [-0.3, -0.25) is 0 Å². The Morgan fingerprint density at radius 3 is 2.50 bits per heavy atom. The third kappa shape index (κ3) is 5.90. The molecule has 132 valence electrons. The molecule has 0 spiro atoms. The molecule has 0 saturated heterocycles. The molecule has 8 nitrogen and oxygen atoms in total. The summed E-state index contributed by atoms with van der Waals surface area (Å²) in [7, 11) is 4.01. The normalized spacial score (nSPS) is 12.2. The van der Waals surface area contributed by atoms with Gasteiger partial charge in [0.05, 0.1) is 14.2 Å². The van der Waals surface area contributed by atoms with Crippen LogP contribution in [0.4, 0.5) is 0 Å². The summed E-state index contributed by atoms with van der Waals surface area (Å²) in [5, 5.41) is 0. The Morgan fingerprint density at radius 2 is 1.88 bits per heavy atom. The predicted molar refractivity (Wildman–Crippen MR) is 82.0 cm³/mol. The molecular weight excluding hydrogens is 320 g/mol. The number of methoxy groups -OCH3 is 3. The quantitative estimate of drug-likeness (QED) is 0.291. The Morgan fingerprint density at radius 1 is 1.17 bits per heavy atom. The van der Waals surface area contributed by atoms with Crippen LogP contribution >= 0.6 is 0 Å². The number of esters is 2. The fourth-order valence-corrected chi connectivity index (χ4v) is 1.49. The number of hydrogen-bond donors (Lipinski definition) is 0. The monoisotopic (exact) mass is 340 g/mol. The lowest BCUT2D eigenvalue weighted by molar-refractivity contribution is -0.159. The van der Waals surface area contributed by atoms with Gasteiger partial charge < -0.3 is 28.4 Å². The van der Waals surface area contributed by atoms with Crippen molar-refractivity contribution in [2.24, 2.45) is 0 Å². The maximum absolute atomic E-state index is 12.1. The topological polar surface area (TPSA) is 89.5 Å². The van der Waals surface area contributed by atoms with Crippen molar-refractivity contribution in [2.45, 2.75) is 13.2 Å². The van der Waals surface area contributed by atoms with Crippen molar-refractivity contribution in [3.63, 3.8) is 0 Å². The van der Waals surface area contributed by atoms with Gasteiger partial charge in [0, 0.05) is 7.11 Å². The van der Waals surface area contributed by atoms with Gasteiger partial charge in [-0.25, -0.2) is 9.59 Å². The molecule has 0 aliphatic heterocycles. The molecule has 24 heavy (non-hydrogen) atoms. The van der Waals surface area contributed by atoms with Crippen molar-refractivity contribution in [3.8, 4) is 5.75 Å². The van der Waals surface area contributed by atoms with Gasteiger partial charge in [0.1, 0.15) is 17.6 Å². The standard InChI is InChI=1S/C16H20O8/c1-11(20-3)22-10-23-15(17)12-7-5-6-8-13(12)24-14(9-19-2)16(18)21-4/h5-9,11H,10H2,1-4H3/b14-9+. The summed E-state index contributed by atoms with van der Waals surface area (Å²) in [6, 6.07) is 6.25. The van der Waals surface area contributed by atoms with E-state index in [0.29, 0.717) is 0 Å². The highest BCUT2D eigenvalue weighted by atomic mass is 16.8. The van der Waals surface area contributed by atoms with Crippen LogP contribution in [-0.2, 0) is 28.5 Å².